The number of furan rings is 1. The van der Waals surface area contributed by atoms with Crippen molar-refractivity contribution in [1.82, 2.24) is 5.32 Å². The maximum Gasteiger partial charge on any atom is 0.240 e. The van der Waals surface area contributed by atoms with Gasteiger partial charge in [-0.05, 0) is 42.0 Å². The van der Waals surface area contributed by atoms with Crippen LogP contribution in [0.3, 0.4) is 0 Å². The van der Waals surface area contributed by atoms with Crippen LogP contribution in [-0.2, 0) is 16.1 Å². The first-order valence-electron chi connectivity index (χ1n) is 9.92. The summed E-state index contributed by atoms with van der Waals surface area (Å²) in [5.41, 5.74) is 1.64. The van der Waals surface area contributed by atoms with E-state index in [4.69, 9.17) is 13.9 Å². The Hall–Kier alpha value is -3.39. The number of nitrogens with zero attached hydrogens (tertiary/aromatic N) is 1. The van der Waals surface area contributed by atoms with E-state index in [0.29, 0.717) is 18.0 Å². The predicted molar refractivity (Wildman–Crippen MR) is 115 cm³/mol. The van der Waals surface area contributed by atoms with Crippen LogP contribution in [0.1, 0.15) is 23.0 Å². The van der Waals surface area contributed by atoms with Gasteiger partial charge in [0.15, 0.2) is 11.5 Å². The van der Waals surface area contributed by atoms with E-state index in [1.165, 1.54) is 0 Å². The Balaban J connectivity index is 1.30. The van der Waals surface area contributed by atoms with E-state index in [1.807, 2.05) is 54.6 Å². The maximum absolute atomic E-state index is 13.1. The zero-order valence-electron chi connectivity index (χ0n) is 16.6. The molecule has 2 amide bonds. The van der Waals surface area contributed by atoms with Crippen molar-refractivity contribution in [3.8, 4) is 11.5 Å². The van der Waals surface area contributed by atoms with Gasteiger partial charge in [-0.3, -0.25) is 9.59 Å². The van der Waals surface area contributed by atoms with Crippen LogP contribution >= 0.6 is 11.8 Å². The van der Waals surface area contributed by atoms with Crippen LogP contribution in [0.15, 0.2) is 70.2 Å². The molecule has 0 saturated heterocycles. The first kappa shape index (κ1) is 19.6. The molecule has 1 aromatic heterocycles. The Kier molecular flexibility index (Phi) is 5.30. The largest absolute Gasteiger partial charge is 0.468 e. The van der Waals surface area contributed by atoms with E-state index < -0.39 is 0 Å². The Morgan fingerprint density at radius 1 is 1.10 bits per heavy atom. The predicted octanol–water partition coefficient (Wildman–Crippen LogP) is 3.89. The zero-order chi connectivity index (χ0) is 21.2. The summed E-state index contributed by atoms with van der Waals surface area (Å²) in [6, 6.07) is 16.9. The quantitative estimate of drug-likeness (QED) is 0.654. The van der Waals surface area contributed by atoms with Crippen molar-refractivity contribution in [2.24, 2.45) is 0 Å². The summed E-state index contributed by atoms with van der Waals surface area (Å²) in [4.78, 5) is 28.3. The lowest BCUT2D eigenvalue weighted by atomic mass is 10.2. The fourth-order valence-corrected chi connectivity index (χ4v) is 4.87. The second-order valence-electron chi connectivity index (χ2n) is 7.24. The van der Waals surface area contributed by atoms with Gasteiger partial charge in [0.25, 0.3) is 0 Å². The number of para-hydroxylation sites is 1. The third kappa shape index (κ3) is 4.11. The molecule has 2 aromatic carbocycles. The van der Waals surface area contributed by atoms with E-state index in [2.05, 4.69) is 5.32 Å². The highest BCUT2D eigenvalue weighted by Gasteiger charge is 2.31. The third-order valence-corrected chi connectivity index (χ3v) is 6.46. The van der Waals surface area contributed by atoms with Crippen LogP contribution in [0, 0.1) is 0 Å². The summed E-state index contributed by atoms with van der Waals surface area (Å²) in [6.07, 6.45) is 1.86. The minimum Gasteiger partial charge on any atom is -0.468 e. The Morgan fingerprint density at radius 3 is 2.84 bits per heavy atom. The topological polar surface area (TPSA) is 81.0 Å². The summed E-state index contributed by atoms with van der Waals surface area (Å²) >= 11 is 1.58. The van der Waals surface area contributed by atoms with E-state index in [0.717, 1.165) is 21.9 Å². The van der Waals surface area contributed by atoms with Gasteiger partial charge in [0, 0.05) is 17.9 Å². The number of fused-ring (bicyclic) bond motifs is 2. The summed E-state index contributed by atoms with van der Waals surface area (Å²) in [7, 11) is 0. The maximum atomic E-state index is 13.1. The second kappa shape index (κ2) is 8.39. The van der Waals surface area contributed by atoms with Crippen LogP contribution in [0.4, 0.5) is 5.69 Å². The lowest BCUT2D eigenvalue weighted by molar-refractivity contribution is -0.124. The van der Waals surface area contributed by atoms with Crippen molar-refractivity contribution in [3.05, 3.63) is 72.2 Å². The molecular weight excluding hydrogens is 416 g/mol. The van der Waals surface area contributed by atoms with Crippen LogP contribution < -0.4 is 19.7 Å². The number of rotatable bonds is 5. The molecule has 0 fully saturated rings. The average Bonchev–Trinajstić information content (AvgIpc) is 3.45. The van der Waals surface area contributed by atoms with Gasteiger partial charge >= 0.3 is 0 Å². The van der Waals surface area contributed by atoms with Gasteiger partial charge in [-0.1, -0.05) is 18.2 Å². The van der Waals surface area contributed by atoms with Crippen molar-refractivity contribution in [2.75, 3.05) is 18.2 Å². The molecule has 31 heavy (non-hydrogen) atoms. The normalized spacial score (nSPS) is 17.2. The molecule has 0 radical (unpaired) electrons. The molecule has 0 aliphatic carbocycles. The van der Waals surface area contributed by atoms with Crippen molar-refractivity contribution in [1.29, 1.82) is 0 Å². The molecule has 2 aliphatic heterocycles. The third-order valence-electron chi connectivity index (χ3n) is 5.18. The summed E-state index contributed by atoms with van der Waals surface area (Å²) < 4.78 is 16.2. The van der Waals surface area contributed by atoms with Gasteiger partial charge in [-0.15, -0.1) is 11.8 Å². The average molecular weight is 436 g/mol. The monoisotopic (exact) mass is 436 g/mol. The first-order valence-corrected chi connectivity index (χ1v) is 10.8. The molecule has 0 spiro atoms. The van der Waals surface area contributed by atoms with E-state index in [9.17, 15) is 9.59 Å². The van der Waals surface area contributed by atoms with E-state index >= 15 is 0 Å². The molecular formula is C23H20N2O5S. The van der Waals surface area contributed by atoms with Gasteiger partial charge in [0.1, 0.15) is 12.3 Å². The Morgan fingerprint density at radius 2 is 1.97 bits per heavy atom. The molecule has 5 rings (SSSR count). The number of hydrogen-bond donors (Lipinski definition) is 1. The molecule has 3 heterocycles. The van der Waals surface area contributed by atoms with Crippen molar-refractivity contribution in [2.45, 2.75) is 23.1 Å². The molecule has 0 unspecified atom stereocenters. The molecule has 7 nitrogen and oxygen atoms in total. The Bertz CT molecular complexity index is 1110. The molecule has 0 bridgehead atoms. The van der Waals surface area contributed by atoms with E-state index in [-0.39, 0.29) is 36.8 Å². The molecule has 0 saturated carbocycles. The molecule has 8 heteroatoms. The zero-order valence-corrected chi connectivity index (χ0v) is 17.4. The smallest absolute Gasteiger partial charge is 0.240 e. The minimum absolute atomic E-state index is 0.0498. The van der Waals surface area contributed by atoms with Crippen molar-refractivity contribution in [3.63, 3.8) is 0 Å². The number of benzene rings is 2. The van der Waals surface area contributed by atoms with E-state index in [1.54, 1.807) is 22.9 Å². The standard InChI is InChI=1S/C23H20N2O5S/c26-22(24-12-15-7-8-17-19(10-15)30-14-29-17)13-25-16-4-1-2-6-20(16)31-21(11-23(25)27)18-5-3-9-28-18/h1-10,21H,11-14H2,(H,24,26)/t21-/m0/s1. The number of nitrogens with one attached hydrogen (secondary N) is 1. The number of anilines is 1. The SMILES string of the molecule is O=C(CN1C(=O)C[C@@H](c2ccco2)Sc2ccccc21)NCc1ccc2c(c1)OCO2. The number of amides is 2. The van der Waals surface area contributed by atoms with Crippen LogP contribution in [-0.4, -0.2) is 25.2 Å². The number of hydrogen-bond acceptors (Lipinski definition) is 6. The van der Waals surface area contributed by atoms with Crippen molar-refractivity contribution >= 4 is 29.3 Å². The summed E-state index contributed by atoms with van der Waals surface area (Å²) in [5, 5.41) is 2.76. The van der Waals surface area contributed by atoms with Gasteiger partial charge in [-0.2, -0.15) is 0 Å². The number of carbonyl (C=O) groups is 2. The van der Waals surface area contributed by atoms with Gasteiger partial charge in [-0.25, -0.2) is 0 Å². The number of ether oxygens (including phenoxy) is 2. The minimum atomic E-state index is -0.234. The van der Waals surface area contributed by atoms with Gasteiger partial charge in [0.2, 0.25) is 18.6 Å². The molecule has 1 N–H and O–H groups in total. The van der Waals surface area contributed by atoms with Crippen molar-refractivity contribution < 1.29 is 23.5 Å². The highest BCUT2D eigenvalue weighted by molar-refractivity contribution is 7.99. The second-order valence-corrected chi connectivity index (χ2v) is 8.48. The van der Waals surface area contributed by atoms with Gasteiger partial charge < -0.3 is 24.1 Å². The summed E-state index contributed by atoms with van der Waals surface area (Å²) in [6.45, 7) is 0.493. The van der Waals surface area contributed by atoms with Crippen LogP contribution in [0.25, 0.3) is 0 Å². The molecule has 1 atom stereocenters. The Labute approximate surface area is 183 Å². The molecule has 3 aromatic rings. The first-order chi connectivity index (χ1) is 15.2. The van der Waals surface area contributed by atoms with Gasteiger partial charge in [0.05, 0.1) is 17.2 Å². The molecule has 158 valence electrons. The lowest BCUT2D eigenvalue weighted by Crippen LogP contribution is -2.40. The summed E-state index contributed by atoms with van der Waals surface area (Å²) in [5.74, 6) is 1.77. The lowest BCUT2D eigenvalue weighted by Gasteiger charge is -2.22. The highest BCUT2D eigenvalue weighted by atomic mass is 32.2. The fraction of sp³-hybridized carbons (Fsp3) is 0.217. The number of thioether (sulfide) groups is 1. The van der Waals surface area contributed by atoms with Crippen LogP contribution in [0.2, 0.25) is 0 Å². The number of carbonyl (C=O) groups excluding carboxylic acids is 2. The molecule has 2 aliphatic rings. The fourth-order valence-electron chi connectivity index (χ4n) is 3.64. The highest BCUT2D eigenvalue weighted by Crippen LogP contribution is 2.45. The van der Waals surface area contributed by atoms with Crippen LogP contribution in [0.5, 0.6) is 11.5 Å².